The van der Waals surface area contributed by atoms with Crippen LogP contribution in [0.3, 0.4) is 0 Å². The summed E-state index contributed by atoms with van der Waals surface area (Å²) in [7, 11) is -3.82. The molecule has 0 atom stereocenters. The van der Waals surface area contributed by atoms with E-state index < -0.39 is 45.5 Å². The second-order valence-electron chi connectivity index (χ2n) is 7.67. The summed E-state index contributed by atoms with van der Waals surface area (Å²) in [6.07, 6.45) is 4.69. The van der Waals surface area contributed by atoms with Crippen LogP contribution >= 0.6 is 0 Å². The highest BCUT2D eigenvalue weighted by atomic mass is 32.2. The van der Waals surface area contributed by atoms with E-state index in [0.717, 1.165) is 36.1 Å². The molecule has 1 saturated carbocycles. The van der Waals surface area contributed by atoms with Crippen molar-refractivity contribution in [1.82, 2.24) is 24.6 Å². The minimum Gasteiger partial charge on any atom is -0.322 e. The van der Waals surface area contributed by atoms with Crippen molar-refractivity contribution < 1.29 is 22.8 Å². The normalized spacial score (nSPS) is 18.5. The van der Waals surface area contributed by atoms with Crippen LogP contribution in [0, 0.1) is 0 Å². The molecule has 1 spiro atoms. The SMILES string of the molecule is CCN(CC)S(=O)(=O)c1ccc(=O)n(CC(=O)NN2C(=O)NC3(CCCCC3)C2=O)c1. The molecule has 170 valence electrons. The van der Waals surface area contributed by atoms with Crippen molar-refractivity contribution in [2.45, 2.75) is 62.9 Å². The number of urea groups is 1. The zero-order chi connectivity index (χ0) is 22.8. The Morgan fingerprint density at radius 3 is 2.39 bits per heavy atom. The van der Waals surface area contributed by atoms with Gasteiger partial charge in [0.1, 0.15) is 12.1 Å². The summed E-state index contributed by atoms with van der Waals surface area (Å²) in [6, 6.07) is 1.54. The summed E-state index contributed by atoms with van der Waals surface area (Å²) in [5, 5.41) is 3.32. The van der Waals surface area contributed by atoms with Gasteiger partial charge in [-0.15, -0.1) is 0 Å². The van der Waals surface area contributed by atoms with Crippen molar-refractivity contribution in [3.8, 4) is 0 Å². The third kappa shape index (κ3) is 4.35. The van der Waals surface area contributed by atoms with Gasteiger partial charge in [-0.1, -0.05) is 33.1 Å². The highest BCUT2D eigenvalue weighted by molar-refractivity contribution is 7.89. The molecule has 1 aliphatic carbocycles. The Balaban J connectivity index is 1.76. The molecule has 1 aromatic rings. The van der Waals surface area contributed by atoms with Gasteiger partial charge >= 0.3 is 6.03 Å². The number of hydrogen-bond donors (Lipinski definition) is 2. The molecule has 0 unspecified atom stereocenters. The molecule has 1 aromatic heterocycles. The summed E-state index contributed by atoms with van der Waals surface area (Å²) in [5.41, 5.74) is 0.665. The van der Waals surface area contributed by atoms with Crippen LogP contribution < -0.4 is 16.3 Å². The van der Waals surface area contributed by atoms with Crippen molar-refractivity contribution in [1.29, 1.82) is 0 Å². The van der Waals surface area contributed by atoms with Gasteiger partial charge in [-0.2, -0.15) is 9.31 Å². The average Bonchev–Trinajstić information content (AvgIpc) is 2.94. The number of aromatic nitrogens is 1. The summed E-state index contributed by atoms with van der Waals surface area (Å²) < 4.78 is 27.5. The molecule has 11 nitrogen and oxygen atoms in total. The molecule has 1 aliphatic heterocycles. The molecule has 2 fully saturated rings. The largest absolute Gasteiger partial charge is 0.344 e. The van der Waals surface area contributed by atoms with E-state index in [2.05, 4.69) is 10.7 Å². The fraction of sp³-hybridized carbons (Fsp3) is 0.579. The second-order valence-corrected chi connectivity index (χ2v) is 9.61. The van der Waals surface area contributed by atoms with Crippen LogP contribution in [0.1, 0.15) is 46.0 Å². The fourth-order valence-electron chi connectivity index (χ4n) is 4.03. The summed E-state index contributed by atoms with van der Waals surface area (Å²) in [5.74, 6) is -1.31. The fourth-order valence-corrected chi connectivity index (χ4v) is 5.51. The van der Waals surface area contributed by atoms with Gasteiger partial charge in [0.25, 0.3) is 17.4 Å². The lowest BCUT2D eigenvalue weighted by Gasteiger charge is -2.30. The Labute approximate surface area is 180 Å². The third-order valence-corrected chi connectivity index (χ3v) is 7.75. The van der Waals surface area contributed by atoms with Gasteiger partial charge in [0.2, 0.25) is 10.0 Å². The third-order valence-electron chi connectivity index (χ3n) is 5.72. The standard InChI is InChI=1S/C19H27N5O6S/c1-3-23(4-2)31(29,30)14-8-9-16(26)22(12-14)13-15(25)21-24-17(27)19(20-18(24)28)10-6-5-7-11-19/h8-9,12H,3-7,10-11,13H2,1-2H3,(H,20,28)(H,21,25). The van der Waals surface area contributed by atoms with Gasteiger partial charge in [-0.05, 0) is 18.9 Å². The smallest absolute Gasteiger partial charge is 0.322 e. The van der Waals surface area contributed by atoms with E-state index in [0.29, 0.717) is 17.9 Å². The van der Waals surface area contributed by atoms with E-state index in [1.54, 1.807) is 13.8 Å². The van der Waals surface area contributed by atoms with E-state index in [1.165, 1.54) is 10.4 Å². The number of nitrogens with zero attached hydrogens (tertiary/aromatic N) is 3. The van der Waals surface area contributed by atoms with Crippen molar-refractivity contribution in [2.24, 2.45) is 0 Å². The van der Waals surface area contributed by atoms with Crippen LogP contribution in [0.25, 0.3) is 0 Å². The maximum Gasteiger partial charge on any atom is 0.344 e. The summed E-state index contributed by atoms with van der Waals surface area (Å²) >= 11 is 0. The number of rotatable bonds is 7. The molecule has 1 saturated heterocycles. The van der Waals surface area contributed by atoms with Crippen molar-refractivity contribution in [3.05, 3.63) is 28.7 Å². The first-order valence-corrected chi connectivity index (χ1v) is 11.8. The lowest BCUT2D eigenvalue weighted by Crippen LogP contribution is -2.51. The Morgan fingerprint density at radius 2 is 1.77 bits per heavy atom. The number of amides is 4. The monoisotopic (exact) mass is 453 g/mol. The van der Waals surface area contributed by atoms with Gasteiger partial charge in [-0.3, -0.25) is 19.8 Å². The van der Waals surface area contributed by atoms with Gasteiger partial charge in [-0.25, -0.2) is 13.2 Å². The summed E-state index contributed by atoms with van der Waals surface area (Å²) in [6.45, 7) is 3.35. The number of pyridine rings is 1. The molecular formula is C19H27N5O6S. The van der Waals surface area contributed by atoms with E-state index in [1.807, 2.05) is 0 Å². The van der Waals surface area contributed by atoms with E-state index in [9.17, 15) is 27.6 Å². The molecule has 0 bridgehead atoms. The zero-order valence-corrected chi connectivity index (χ0v) is 18.4. The second kappa shape index (κ2) is 8.79. The van der Waals surface area contributed by atoms with Crippen molar-refractivity contribution in [3.63, 3.8) is 0 Å². The molecule has 2 heterocycles. The van der Waals surface area contributed by atoms with Crippen LogP contribution in [0.15, 0.2) is 28.0 Å². The maximum atomic E-state index is 12.7. The lowest BCUT2D eigenvalue weighted by molar-refractivity contribution is -0.140. The molecule has 2 N–H and O–H groups in total. The molecule has 2 aliphatic rings. The number of carbonyl (C=O) groups excluding carboxylic acids is 3. The first-order valence-electron chi connectivity index (χ1n) is 10.3. The van der Waals surface area contributed by atoms with E-state index in [4.69, 9.17) is 0 Å². The van der Waals surface area contributed by atoms with Gasteiger partial charge in [0, 0.05) is 25.4 Å². The zero-order valence-electron chi connectivity index (χ0n) is 17.6. The highest BCUT2D eigenvalue weighted by Gasteiger charge is 2.52. The van der Waals surface area contributed by atoms with Crippen LogP contribution in [0.5, 0.6) is 0 Å². The molecule has 0 radical (unpaired) electrons. The van der Waals surface area contributed by atoms with Gasteiger partial charge in [0.15, 0.2) is 0 Å². The Kier molecular flexibility index (Phi) is 6.51. The minimum absolute atomic E-state index is 0.125. The highest BCUT2D eigenvalue weighted by Crippen LogP contribution is 2.32. The van der Waals surface area contributed by atoms with E-state index in [-0.39, 0.29) is 18.0 Å². The minimum atomic E-state index is -3.82. The van der Waals surface area contributed by atoms with Crippen LogP contribution in [-0.4, -0.2) is 58.8 Å². The number of carbonyl (C=O) groups is 3. The Bertz CT molecular complexity index is 1040. The predicted octanol–water partition coefficient (Wildman–Crippen LogP) is 0.165. The lowest BCUT2D eigenvalue weighted by atomic mass is 9.82. The Hall–Kier alpha value is -2.73. The van der Waals surface area contributed by atoms with Crippen LogP contribution in [0.2, 0.25) is 0 Å². The molecule has 0 aromatic carbocycles. The topological polar surface area (TPSA) is 138 Å². The average molecular weight is 454 g/mol. The van der Waals surface area contributed by atoms with Gasteiger partial charge in [0.05, 0.1) is 4.90 Å². The van der Waals surface area contributed by atoms with Gasteiger partial charge < -0.3 is 9.88 Å². The first kappa shape index (κ1) is 22.9. The van der Waals surface area contributed by atoms with Crippen LogP contribution in [-0.2, 0) is 26.2 Å². The van der Waals surface area contributed by atoms with Crippen molar-refractivity contribution >= 4 is 27.9 Å². The van der Waals surface area contributed by atoms with Crippen molar-refractivity contribution in [2.75, 3.05) is 13.1 Å². The van der Waals surface area contributed by atoms with E-state index >= 15 is 0 Å². The predicted molar refractivity (Wildman–Crippen MR) is 110 cm³/mol. The first-order chi connectivity index (χ1) is 14.6. The molecule has 3 rings (SSSR count). The molecular weight excluding hydrogens is 426 g/mol. The molecule has 12 heteroatoms. The van der Waals surface area contributed by atoms with Crippen LogP contribution in [0.4, 0.5) is 4.79 Å². The number of hydrazine groups is 1. The number of sulfonamides is 1. The summed E-state index contributed by atoms with van der Waals surface area (Å²) in [4.78, 5) is 49.5. The number of imide groups is 1. The maximum absolute atomic E-state index is 12.7. The quantitative estimate of drug-likeness (QED) is 0.564. The molecule has 31 heavy (non-hydrogen) atoms. The number of nitrogens with one attached hydrogen (secondary N) is 2. The molecule has 4 amide bonds. The Morgan fingerprint density at radius 1 is 1.13 bits per heavy atom. The number of hydrogen-bond acceptors (Lipinski definition) is 6.